The summed E-state index contributed by atoms with van der Waals surface area (Å²) >= 11 is 0. The maximum atomic E-state index is 11.5. The van der Waals surface area contributed by atoms with Gasteiger partial charge in [-0.1, -0.05) is 39.8 Å². The molecule has 3 nitrogen and oxygen atoms in total. The highest BCUT2D eigenvalue weighted by Crippen LogP contribution is 2.38. The molecule has 1 aliphatic rings. The van der Waals surface area contributed by atoms with E-state index >= 15 is 0 Å². The molecule has 1 rings (SSSR count). The monoisotopic (exact) mass is 277 g/mol. The molecular formula is C15H23NO2Si. The molecule has 104 valence electrons. The highest BCUT2D eigenvalue weighted by atomic mass is 28.4. The number of nitrogens with zero attached hydrogens (tertiary/aromatic N) is 1. The lowest BCUT2D eigenvalue weighted by Crippen LogP contribution is -2.43. The minimum Gasteiger partial charge on any atom is -0.416 e. The van der Waals surface area contributed by atoms with Crippen LogP contribution in [0.5, 0.6) is 0 Å². The molecule has 0 N–H and O–H groups in total. The molecule has 0 aromatic carbocycles. The first kappa shape index (κ1) is 15.9. The third-order valence-corrected chi connectivity index (χ3v) is 8.50. The first-order valence-electron chi connectivity index (χ1n) is 6.51. The second-order valence-corrected chi connectivity index (χ2v) is 11.7. The summed E-state index contributed by atoms with van der Waals surface area (Å²) in [5.41, 5.74) is -0.155. The first-order chi connectivity index (χ1) is 8.51. The summed E-state index contributed by atoms with van der Waals surface area (Å²) in [6.07, 6.45) is 5.04. The van der Waals surface area contributed by atoms with Crippen molar-refractivity contribution in [1.29, 1.82) is 5.26 Å². The van der Waals surface area contributed by atoms with Crippen molar-refractivity contribution in [2.75, 3.05) is 6.61 Å². The Kier molecular flexibility index (Phi) is 4.23. The highest BCUT2D eigenvalue weighted by Gasteiger charge is 2.39. The van der Waals surface area contributed by atoms with Gasteiger partial charge in [0.2, 0.25) is 0 Å². The summed E-state index contributed by atoms with van der Waals surface area (Å²) in [7, 11) is -1.82. The lowest BCUT2D eigenvalue weighted by atomic mass is 9.84. The predicted octanol–water partition coefficient (Wildman–Crippen LogP) is 3.60. The Labute approximate surface area is 117 Å². The van der Waals surface area contributed by atoms with Gasteiger partial charge < -0.3 is 4.43 Å². The van der Waals surface area contributed by atoms with Crippen molar-refractivity contribution >= 4 is 14.1 Å². The van der Waals surface area contributed by atoms with Crippen molar-refractivity contribution in [3.8, 4) is 6.07 Å². The van der Waals surface area contributed by atoms with Crippen molar-refractivity contribution < 1.29 is 9.22 Å². The molecule has 0 aromatic heterocycles. The molecule has 0 bridgehead atoms. The first-order valence-corrected chi connectivity index (χ1v) is 9.42. The standard InChI is InChI=1S/C15H23NO2Si/c1-14(2,3)19(5,6)18-11-15(4)8-7-13(17)12(9-15)10-16/h7-9H,11H2,1-6H3. The topological polar surface area (TPSA) is 50.1 Å². The van der Waals surface area contributed by atoms with Gasteiger partial charge >= 0.3 is 0 Å². The maximum Gasteiger partial charge on any atom is 0.195 e. The molecule has 0 fully saturated rings. The molecule has 4 heteroatoms. The van der Waals surface area contributed by atoms with Crippen LogP contribution in [0.4, 0.5) is 0 Å². The van der Waals surface area contributed by atoms with Gasteiger partial charge in [-0.15, -0.1) is 0 Å². The number of carbonyl (C=O) groups excluding carboxylic acids is 1. The van der Waals surface area contributed by atoms with Crippen LogP contribution >= 0.6 is 0 Å². The van der Waals surface area contributed by atoms with E-state index in [1.54, 1.807) is 6.08 Å². The van der Waals surface area contributed by atoms with E-state index < -0.39 is 8.32 Å². The number of nitriles is 1. The largest absolute Gasteiger partial charge is 0.416 e. The molecule has 1 aliphatic carbocycles. The molecule has 0 saturated heterocycles. The average molecular weight is 277 g/mol. The summed E-state index contributed by atoms with van der Waals surface area (Å²) in [6.45, 7) is 13.5. The molecule has 0 heterocycles. The second-order valence-electron chi connectivity index (χ2n) is 6.92. The fraction of sp³-hybridized carbons (Fsp3) is 0.600. The van der Waals surface area contributed by atoms with Crippen LogP contribution in [-0.4, -0.2) is 20.7 Å². The molecule has 1 atom stereocenters. The summed E-state index contributed by atoms with van der Waals surface area (Å²) in [6, 6.07) is 1.95. The normalized spacial score (nSPS) is 24.1. The summed E-state index contributed by atoms with van der Waals surface area (Å²) in [5, 5.41) is 9.10. The van der Waals surface area contributed by atoms with Crippen LogP contribution in [0.2, 0.25) is 18.1 Å². The van der Waals surface area contributed by atoms with Gasteiger partial charge in [0.1, 0.15) is 6.07 Å². The van der Waals surface area contributed by atoms with Crippen LogP contribution in [0.3, 0.4) is 0 Å². The Hall–Kier alpha value is -1.18. The SMILES string of the molecule is CC1(CO[Si](C)(C)C(C)(C)C)C=CC(=O)C(C#N)=C1. The van der Waals surface area contributed by atoms with Gasteiger partial charge in [0, 0.05) is 12.0 Å². The van der Waals surface area contributed by atoms with E-state index in [2.05, 4.69) is 33.9 Å². The van der Waals surface area contributed by atoms with E-state index in [4.69, 9.17) is 9.69 Å². The summed E-state index contributed by atoms with van der Waals surface area (Å²) in [5.74, 6) is -0.215. The molecule has 0 aliphatic heterocycles. The van der Waals surface area contributed by atoms with Crippen molar-refractivity contribution in [2.45, 2.75) is 45.8 Å². The van der Waals surface area contributed by atoms with Crippen LogP contribution in [0, 0.1) is 16.7 Å². The summed E-state index contributed by atoms with van der Waals surface area (Å²) in [4.78, 5) is 11.5. The number of ketones is 1. The van der Waals surface area contributed by atoms with Crippen molar-refractivity contribution in [3.05, 3.63) is 23.8 Å². The Morgan fingerprint density at radius 3 is 2.47 bits per heavy atom. The number of hydrogen-bond acceptors (Lipinski definition) is 3. The molecule has 0 spiro atoms. The van der Waals surface area contributed by atoms with Gasteiger partial charge in [-0.2, -0.15) is 5.26 Å². The molecule has 0 amide bonds. The van der Waals surface area contributed by atoms with Gasteiger partial charge in [0.05, 0.1) is 5.57 Å². The Bertz CT molecular complexity index is 477. The molecule has 0 aromatic rings. The van der Waals surface area contributed by atoms with E-state index in [1.807, 2.05) is 19.1 Å². The van der Waals surface area contributed by atoms with E-state index in [9.17, 15) is 4.79 Å². The van der Waals surface area contributed by atoms with Gasteiger partial charge in [-0.05, 0) is 24.2 Å². The van der Waals surface area contributed by atoms with Gasteiger partial charge in [-0.3, -0.25) is 4.79 Å². The predicted molar refractivity (Wildman–Crippen MR) is 79.1 cm³/mol. The minimum absolute atomic E-state index is 0.152. The lowest BCUT2D eigenvalue weighted by molar-refractivity contribution is -0.111. The Morgan fingerprint density at radius 2 is 2.00 bits per heavy atom. The van der Waals surface area contributed by atoms with Crippen LogP contribution in [0.25, 0.3) is 0 Å². The van der Waals surface area contributed by atoms with E-state index in [1.165, 1.54) is 6.08 Å². The quantitative estimate of drug-likeness (QED) is 0.741. The summed E-state index contributed by atoms with van der Waals surface area (Å²) < 4.78 is 6.19. The number of carbonyl (C=O) groups is 1. The number of rotatable bonds is 3. The third-order valence-electron chi connectivity index (χ3n) is 4.03. The Balaban J connectivity index is 2.84. The fourth-order valence-electron chi connectivity index (χ4n) is 1.53. The van der Waals surface area contributed by atoms with Crippen LogP contribution in [0.1, 0.15) is 27.7 Å². The van der Waals surface area contributed by atoms with Crippen molar-refractivity contribution in [2.24, 2.45) is 5.41 Å². The molecule has 0 radical (unpaired) electrons. The zero-order valence-corrected chi connectivity index (χ0v) is 13.7. The van der Waals surface area contributed by atoms with Crippen LogP contribution < -0.4 is 0 Å². The average Bonchev–Trinajstić information content (AvgIpc) is 2.29. The van der Waals surface area contributed by atoms with Crippen LogP contribution in [-0.2, 0) is 9.22 Å². The zero-order chi connectivity index (χ0) is 14.9. The minimum atomic E-state index is -1.82. The third kappa shape index (κ3) is 3.65. The number of hydrogen-bond donors (Lipinski definition) is 0. The number of allylic oxidation sites excluding steroid dienone is 2. The highest BCUT2D eigenvalue weighted by molar-refractivity contribution is 6.74. The van der Waals surface area contributed by atoms with Crippen molar-refractivity contribution in [1.82, 2.24) is 0 Å². The lowest BCUT2D eigenvalue weighted by Gasteiger charge is -2.39. The van der Waals surface area contributed by atoms with Crippen LogP contribution in [0.15, 0.2) is 23.8 Å². The van der Waals surface area contributed by atoms with Gasteiger partial charge in [0.15, 0.2) is 14.1 Å². The van der Waals surface area contributed by atoms with E-state index in [0.717, 1.165) is 0 Å². The smallest absolute Gasteiger partial charge is 0.195 e. The van der Waals surface area contributed by atoms with Crippen molar-refractivity contribution in [3.63, 3.8) is 0 Å². The maximum absolute atomic E-state index is 11.5. The second kappa shape index (κ2) is 5.07. The zero-order valence-electron chi connectivity index (χ0n) is 12.7. The van der Waals surface area contributed by atoms with E-state index in [0.29, 0.717) is 6.61 Å². The molecular weight excluding hydrogens is 254 g/mol. The molecule has 19 heavy (non-hydrogen) atoms. The Morgan fingerprint density at radius 1 is 1.42 bits per heavy atom. The molecule has 0 saturated carbocycles. The van der Waals surface area contributed by atoms with Gasteiger partial charge in [0.25, 0.3) is 0 Å². The molecule has 1 unspecified atom stereocenters. The fourth-order valence-corrected chi connectivity index (χ4v) is 2.64. The van der Waals surface area contributed by atoms with E-state index in [-0.39, 0.29) is 21.8 Å². The van der Waals surface area contributed by atoms with Gasteiger partial charge in [-0.25, -0.2) is 0 Å².